The summed E-state index contributed by atoms with van der Waals surface area (Å²) in [5.41, 5.74) is 5.04. The van der Waals surface area contributed by atoms with Gasteiger partial charge in [-0.05, 0) is 53.1 Å². The van der Waals surface area contributed by atoms with Gasteiger partial charge in [0.2, 0.25) is 0 Å². The van der Waals surface area contributed by atoms with Gasteiger partial charge >= 0.3 is 0 Å². The van der Waals surface area contributed by atoms with Crippen molar-refractivity contribution in [2.45, 2.75) is 31.7 Å². The summed E-state index contributed by atoms with van der Waals surface area (Å²) in [4.78, 5) is 22.3. The van der Waals surface area contributed by atoms with Crippen LogP contribution in [-0.4, -0.2) is 22.0 Å². The first-order chi connectivity index (χ1) is 10.5. The lowest BCUT2D eigenvalue weighted by atomic mass is 10.2. The molecule has 0 saturated heterocycles. The van der Waals surface area contributed by atoms with Crippen molar-refractivity contribution in [2.24, 2.45) is 0 Å². The number of halogens is 1. The summed E-state index contributed by atoms with van der Waals surface area (Å²) < 4.78 is 0.320. The van der Waals surface area contributed by atoms with E-state index >= 15 is 0 Å². The highest BCUT2D eigenvalue weighted by Crippen LogP contribution is 2.25. The zero-order chi connectivity index (χ0) is 16.1. The Kier molecular flexibility index (Phi) is 5.67. The van der Waals surface area contributed by atoms with Crippen LogP contribution in [0.3, 0.4) is 0 Å². The van der Waals surface area contributed by atoms with Gasteiger partial charge < -0.3 is 5.32 Å². The van der Waals surface area contributed by atoms with Gasteiger partial charge in [-0.2, -0.15) is 0 Å². The number of thiocarbonyl (C=S) groups is 1. The van der Waals surface area contributed by atoms with Crippen molar-refractivity contribution in [3.05, 3.63) is 38.3 Å². The molecule has 0 unspecified atom stereocenters. The molecule has 0 bridgehead atoms. The van der Waals surface area contributed by atoms with E-state index < -0.39 is 10.8 Å². The van der Waals surface area contributed by atoms with Gasteiger partial charge in [0.05, 0.1) is 9.40 Å². The molecule has 118 valence electrons. The van der Waals surface area contributed by atoms with E-state index in [4.69, 9.17) is 12.2 Å². The number of benzene rings is 1. The lowest BCUT2D eigenvalue weighted by Gasteiger charge is -2.16. The van der Waals surface area contributed by atoms with Gasteiger partial charge in [-0.25, -0.2) is 0 Å². The minimum atomic E-state index is -0.555. The maximum atomic E-state index is 12.0. The molecular formula is C13H15BrN4O3S. The van der Waals surface area contributed by atoms with Crippen LogP contribution in [0.1, 0.15) is 36.0 Å². The van der Waals surface area contributed by atoms with E-state index in [1.54, 1.807) is 0 Å². The second-order valence-corrected chi connectivity index (χ2v) is 6.22. The van der Waals surface area contributed by atoms with Crippen LogP contribution in [0.5, 0.6) is 0 Å². The summed E-state index contributed by atoms with van der Waals surface area (Å²) in [5.74, 6) is -0.494. The SMILES string of the molecule is O=C(NNC(=S)NC1CCCC1)c1ccc(Br)c([N+](=O)[O-])c1. The third-order valence-electron chi connectivity index (χ3n) is 3.38. The smallest absolute Gasteiger partial charge is 0.284 e. The first-order valence-electron chi connectivity index (χ1n) is 6.78. The molecule has 1 aromatic rings. The quantitative estimate of drug-likeness (QED) is 0.419. The number of nitro benzene ring substituents is 1. The van der Waals surface area contributed by atoms with Crippen molar-refractivity contribution >= 4 is 44.9 Å². The fourth-order valence-electron chi connectivity index (χ4n) is 2.27. The van der Waals surface area contributed by atoms with Crippen LogP contribution in [0.2, 0.25) is 0 Å². The van der Waals surface area contributed by atoms with Crippen molar-refractivity contribution in [2.75, 3.05) is 0 Å². The predicted octanol–water partition coefficient (Wildman–Crippen LogP) is 2.41. The maximum absolute atomic E-state index is 12.0. The number of hydrogen-bond donors (Lipinski definition) is 3. The molecule has 1 aromatic carbocycles. The minimum Gasteiger partial charge on any atom is -0.359 e. The van der Waals surface area contributed by atoms with Crippen LogP contribution in [0, 0.1) is 10.1 Å². The topological polar surface area (TPSA) is 96.3 Å². The number of nitrogens with zero attached hydrogens (tertiary/aromatic N) is 1. The summed E-state index contributed by atoms with van der Waals surface area (Å²) in [6.45, 7) is 0. The van der Waals surface area contributed by atoms with E-state index in [0.29, 0.717) is 15.6 Å². The Balaban J connectivity index is 1.90. The van der Waals surface area contributed by atoms with E-state index in [1.165, 1.54) is 31.0 Å². The fraction of sp³-hybridized carbons (Fsp3) is 0.385. The zero-order valence-electron chi connectivity index (χ0n) is 11.6. The third-order valence-corrected chi connectivity index (χ3v) is 4.28. The molecule has 0 atom stereocenters. The van der Waals surface area contributed by atoms with E-state index in [2.05, 4.69) is 32.1 Å². The van der Waals surface area contributed by atoms with Crippen LogP contribution in [0.15, 0.2) is 22.7 Å². The number of nitrogens with one attached hydrogen (secondary N) is 3. The Labute approximate surface area is 141 Å². The highest BCUT2D eigenvalue weighted by atomic mass is 79.9. The second-order valence-electron chi connectivity index (χ2n) is 4.96. The van der Waals surface area contributed by atoms with Crippen LogP contribution in [0.25, 0.3) is 0 Å². The molecule has 0 heterocycles. The van der Waals surface area contributed by atoms with Gasteiger partial charge in [0, 0.05) is 17.7 Å². The molecule has 1 fully saturated rings. The summed E-state index contributed by atoms with van der Waals surface area (Å²) in [6.07, 6.45) is 4.48. The average Bonchev–Trinajstić information content (AvgIpc) is 2.97. The number of hydrazine groups is 1. The van der Waals surface area contributed by atoms with Crippen molar-refractivity contribution in [1.82, 2.24) is 16.2 Å². The fourth-order valence-corrected chi connectivity index (χ4v) is 2.88. The predicted molar refractivity (Wildman–Crippen MR) is 89.4 cm³/mol. The van der Waals surface area contributed by atoms with Crippen LogP contribution >= 0.6 is 28.1 Å². The Morgan fingerprint density at radius 1 is 1.32 bits per heavy atom. The largest absolute Gasteiger partial charge is 0.359 e. The Morgan fingerprint density at radius 2 is 2.00 bits per heavy atom. The number of carbonyl (C=O) groups excluding carboxylic acids is 1. The normalized spacial score (nSPS) is 14.4. The van der Waals surface area contributed by atoms with Gasteiger partial charge in [-0.1, -0.05) is 12.8 Å². The number of hydrogen-bond acceptors (Lipinski definition) is 4. The van der Waals surface area contributed by atoms with Gasteiger partial charge in [-0.3, -0.25) is 25.8 Å². The van der Waals surface area contributed by atoms with Crippen molar-refractivity contribution in [3.63, 3.8) is 0 Å². The van der Waals surface area contributed by atoms with Crippen LogP contribution < -0.4 is 16.2 Å². The minimum absolute atomic E-state index is 0.167. The van der Waals surface area contributed by atoms with Gasteiger partial charge in [0.25, 0.3) is 11.6 Å². The molecular weight excluding hydrogens is 372 g/mol. The molecule has 3 N–H and O–H groups in total. The third kappa shape index (κ3) is 4.38. The van der Waals surface area contributed by atoms with Crippen molar-refractivity contribution in [3.8, 4) is 0 Å². The molecule has 1 saturated carbocycles. The number of nitro groups is 1. The van der Waals surface area contributed by atoms with E-state index in [1.807, 2.05) is 0 Å². The van der Waals surface area contributed by atoms with Gasteiger partial charge in [-0.15, -0.1) is 0 Å². The van der Waals surface area contributed by atoms with Crippen LogP contribution in [0.4, 0.5) is 5.69 Å². The number of amides is 1. The van der Waals surface area contributed by atoms with E-state index in [9.17, 15) is 14.9 Å². The number of rotatable bonds is 3. The summed E-state index contributed by atoms with van der Waals surface area (Å²) in [7, 11) is 0. The first kappa shape index (κ1) is 16.6. The Bertz CT molecular complexity index is 605. The molecule has 9 heteroatoms. The molecule has 0 radical (unpaired) electrons. The summed E-state index contributed by atoms with van der Waals surface area (Å²) in [5, 5.41) is 14.3. The average molecular weight is 387 g/mol. The molecule has 1 aliphatic rings. The molecule has 2 rings (SSSR count). The highest BCUT2D eigenvalue weighted by molar-refractivity contribution is 9.10. The maximum Gasteiger partial charge on any atom is 0.284 e. The van der Waals surface area contributed by atoms with E-state index in [0.717, 1.165) is 12.8 Å². The van der Waals surface area contributed by atoms with Crippen molar-refractivity contribution < 1.29 is 9.72 Å². The molecule has 1 amide bonds. The zero-order valence-corrected chi connectivity index (χ0v) is 14.0. The van der Waals surface area contributed by atoms with Gasteiger partial charge in [0.1, 0.15) is 0 Å². The molecule has 22 heavy (non-hydrogen) atoms. The highest BCUT2D eigenvalue weighted by Gasteiger charge is 2.17. The van der Waals surface area contributed by atoms with Crippen molar-refractivity contribution in [1.29, 1.82) is 0 Å². The van der Waals surface area contributed by atoms with Gasteiger partial charge in [0.15, 0.2) is 5.11 Å². The lowest BCUT2D eigenvalue weighted by molar-refractivity contribution is -0.385. The Hall–Kier alpha value is -1.74. The first-order valence-corrected chi connectivity index (χ1v) is 7.98. The monoisotopic (exact) mass is 386 g/mol. The lowest BCUT2D eigenvalue weighted by Crippen LogP contribution is -2.49. The molecule has 7 nitrogen and oxygen atoms in total. The standard InChI is InChI=1S/C13H15BrN4O3S/c14-10-6-5-8(7-11(10)18(20)21)12(19)16-17-13(22)15-9-3-1-2-4-9/h5-7,9H,1-4H2,(H,16,19)(H2,15,17,22). The Morgan fingerprint density at radius 3 is 2.64 bits per heavy atom. The van der Waals surface area contributed by atoms with E-state index in [-0.39, 0.29) is 11.3 Å². The van der Waals surface area contributed by atoms with Crippen LogP contribution in [-0.2, 0) is 0 Å². The molecule has 0 aliphatic heterocycles. The molecule has 1 aliphatic carbocycles. The summed E-state index contributed by atoms with van der Waals surface area (Å²) >= 11 is 8.17. The number of carbonyl (C=O) groups is 1. The molecule has 0 spiro atoms. The summed E-state index contributed by atoms with van der Waals surface area (Å²) in [6, 6.07) is 4.49. The molecule has 0 aromatic heterocycles. The second kappa shape index (κ2) is 7.50.